The molecule has 24 heavy (non-hydrogen) atoms. The number of imide groups is 1. The van der Waals surface area contributed by atoms with Gasteiger partial charge in [-0.2, -0.15) is 0 Å². The molecule has 6 heteroatoms. The number of piperidine rings is 1. The standard InChI is InChI=1S/C18H27N3O3/c1-3-14-4-8-18(9-5-14)16(23)21(17(24)19-18)12-15(22)20-10-6-13(2)7-11-20/h14H,2-12H2,1H3,(H,19,24). The zero-order chi connectivity index (χ0) is 17.3. The number of hydrogen-bond acceptors (Lipinski definition) is 3. The molecule has 2 saturated heterocycles. The van der Waals surface area contributed by atoms with E-state index in [1.807, 2.05) is 0 Å². The van der Waals surface area contributed by atoms with Crippen molar-refractivity contribution < 1.29 is 14.4 Å². The predicted octanol–water partition coefficient (Wildman–Crippen LogP) is 2.06. The molecule has 0 radical (unpaired) electrons. The Hall–Kier alpha value is -1.85. The third-order valence-electron chi connectivity index (χ3n) is 5.90. The first kappa shape index (κ1) is 17.0. The fraction of sp³-hybridized carbons (Fsp3) is 0.722. The van der Waals surface area contributed by atoms with Crippen molar-refractivity contribution in [3.8, 4) is 0 Å². The number of amides is 4. The summed E-state index contributed by atoms with van der Waals surface area (Å²) >= 11 is 0. The van der Waals surface area contributed by atoms with Crippen LogP contribution in [0.4, 0.5) is 4.79 Å². The molecule has 4 amide bonds. The lowest BCUT2D eigenvalue weighted by Gasteiger charge is -2.34. The number of carbonyl (C=O) groups is 3. The molecule has 0 atom stereocenters. The van der Waals surface area contributed by atoms with E-state index in [-0.39, 0.29) is 18.4 Å². The van der Waals surface area contributed by atoms with E-state index < -0.39 is 11.6 Å². The third-order valence-corrected chi connectivity index (χ3v) is 5.90. The highest BCUT2D eigenvalue weighted by atomic mass is 16.2. The first-order chi connectivity index (χ1) is 11.4. The minimum atomic E-state index is -0.765. The molecule has 1 saturated carbocycles. The lowest BCUT2D eigenvalue weighted by atomic mass is 9.75. The molecule has 0 aromatic heterocycles. The van der Waals surface area contributed by atoms with Gasteiger partial charge in [-0.15, -0.1) is 0 Å². The van der Waals surface area contributed by atoms with Crippen molar-refractivity contribution in [2.75, 3.05) is 19.6 Å². The second-order valence-corrected chi connectivity index (χ2v) is 7.39. The number of likely N-dealkylation sites (tertiary alicyclic amines) is 1. The number of urea groups is 1. The van der Waals surface area contributed by atoms with Crippen LogP contribution in [0.2, 0.25) is 0 Å². The molecular formula is C18H27N3O3. The van der Waals surface area contributed by atoms with Gasteiger partial charge in [0.15, 0.2) is 0 Å². The molecule has 3 rings (SSSR count). The van der Waals surface area contributed by atoms with E-state index >= 15 is 0 Å². The molecule has 3 fully saturated rings. The highest BCUT2D eigenvalue weighted by Crippen LogP contribution is 2.37. The first-order valence-corrected chi connectivity index (χ1v) is 9.04. The van der Waals surface area contributed by atoms with E-state index in [9.17, 15) is 14.4 Å². The Kier molecular flexibility index (Phi) is 4.65. The molecule has 2 heterocycles. The maximum atomic E-state index is 12.8. The highest BCUT2D eigenvalue weighted by molar-refractivity contribution is 6.09. The van der Waals surface area contributed by atoms with Crippen LogP contribution in [0.1, 0.15) is 51.9 Å². The van der Waals surface area contributed by atoms with E-state index in [1.54, 1.807) is 4.90 Å². The van der Waals surface area contributed by atoms with Gasteiger partial charge >= 0.3 is 6.03 Å². The van der Waals surface area contributed by atoms with Gasteiger partial charge in [0, 0.05) is 13.1 Å². The van der Waals surface area contributed by atoms with Crippen LogP contribution in [0.15, 0.2) is 12.2 Å². The Morgan fingerprint density at radius 3 is 2.46 bits per heavy atom. The number of rotatable bonds is 3. The van der Waals surface area contributed by atoms with Crippen LogP contribution in [0.3, 0.4) is 0 Å². The minimum absolute atomic E-state index is 0.143. The molecule has 2 aliphatic heterocycles. The van der Waals surface area contributed by atoms with Gasteiger partial charge in [-0.05, 0) is 44.4 Å². The smallest absolute Gasteiger partial charge is 0.325 e. The van der Waals surface area contributed by atoms with Crippen LogP contribution >= 0.6 is 0 Å². The zero-order valence-corrected chi connectivity index (χ0v) is 14.5. The molecule has 132 valence electrons. The van der Waals surface area contributed by atoms with Crippen molar-refractivity contribution in [2.45, 2.75) is 57.4 Å². The van der Waals surface area contributed by atoms with Crippen LogP contribution in [0.5, 0.6) is 0 Å². The van der Waals surface area contributed by atoms with Crippen LogP contribution in [0.25, 0.3) is 0 Å². The summed E-state index contributed by atoms with van der Waals surface area (Å²) in [6.07, 6.45) is 5.99. The average Bonchev–Trinajstić information content (AvgIpc) is 2.80. The van der Waals surface area contributed by atoms with E-state index in [4.69, 9.17) is 0 Å². The van der Waals surface area contributed by atoms with Gasteiger partial charge in [-0.25, -0.2) is 4.79 Å². The number of hydrogen-bond donors (Lipinski definition) is 1. The van der Waals surface area contributed by atoms with Crippen molar-refractivity contribution in [1.82, 2.24) is 15.1 Å². The number of nitrogens with one attached hydrogen (secondary N) is 1. The monoisotopic (exact) mass is 333 g/mol. The van der Waals surface area contributed by atoms with Gasteiger partial charge in [0.1, 0.15) is 12.1 Å². The second kappa shape index (κ2) is 6.57. The quantitative estimate of drug-likeness (QED) is 0.635. The fourth-order valence-electron chi connectivity index (χ4n) is 4.04. The molecule has 0 aromatic carbocycles. The zero-order valence-electron chi connectivity index (χ0n) is 14.5. The largest absolute Gasteiger partial charge is 0.341 e. The molecule has 1 aliphatic carbocycles. The second-order valence-electron chi connectivity index (χ2n) is 7.39. The van der Waals surface area contributed by atoms with Gasteiger partial charge < -0.3 is 10.2 Å². The topological polar surface area (TPSA) is 69.7 Å². The lowest BCUT2D eigenvalue weighted by molar-refractivity contribution is -0.140. The molecule has 0 bridgehead atoms. The summed E-state index contributed by atoms with van der Waals surface area (Å²) in [7, 11) is 0. The van der Waals surface area contributed by atoms with Crippen LogP contribution in [-0.4, -0.2) is 52.8 Å². The Morgan fingerprint density at radius 2 is 1.88 bits per heavy atom. The summed E-state index contributed by atoms with van der Waals surface area (Å²) in [4.78, 5) is 40.4. The molecule has 1 N–H and O–H groups in total. The number of carbonyl (C=O) groups excluding carboxylic acids is 3. The summed E-state index contributed by atoms with van der Waals surface area (Å²) < 4.78 is 0. The van der Waals surface area contributed by atoms with Crippen molar-refractivity contribution in [2.24, 2.45) is 5.92 Å². The van der Waals surface area contributed by atoms with Crippen LogP contribution in [-0.2, 0) is 9.59 Å². The highest BCUT2D eigenvalue weighted by Gasteiger charge is 2.52. The van der Waals surface area contributed by atoms with Gasteiger partial charge in [-0.1, -0.05) is 25.5 Å². The number of nitrogens with zero attached hydrogens (tertiary/aromatic N) is 2. The van der Waals surface area contributed by atoms with Gasteiger partial charge in [0.05, 0.1) is 0 Å². The maximum absolute atomic E-state index is 12.8. The van der Waals surface area contributed by atoms with Crippen molar-refractivity contribution in [1.29, 1.82) is 0 Å². The van der Waals surface area contributed by atoms with E-state index in [2.05, 4.69) is 18.8 Å². The van der Waals surface area contributed by atoms with Crippen molar-refractivity contribution in [3.63, 3.8) is 0 Å². The van der Waals surface area contributed by atoms with Crippen molar-refractivity contribution in [3.05, 3.63) is 12.2 Å². The summed E-state index contributed by atoms with van der Waals surface area (Å²) in [5.41, 5.74) is 0.389. The normalized spacial score (nSPS) is 30.9. The van der Waals surface area contributed by atoms with E-state index in [0.29, 0.717) is 31.8 Å². The Morgan fingerprint density at radius 1 is 1.25 bits per heavy atom. The average molecular weight is 333 g/mol. The summed E-state index contributed by atoms with van der Waals surface area (Å²) in [6.45, 7) is 7.22. The Bertz CT molecular complexity index is 554. The first-order valence-electron chi connectivity index (χ1n) is 9.04. The van der Waals surface area contributed by atoms with Crippen molar-refractivity contribution >= 4 is 17.8 Å². The van der Waals surface area contributed by atoms with E-state index in [0.717, 1.165) is 42.6 Å². The third kappa shape index (κ3) is 3.06. The Balaban J connectivity index is 1.62. The molecular weight excluding hydrogens is 306 g/mol. The molecule has 0 unspecified atom stereocenters. The maximum Gasteiger partial charge on any atom is 0.325 e. The van der Waals surface area contributed by atoms with Crippen LogP contribution in [0, 0.1) is 5.92 Å². The molecule has 1 spiro atoms. The predicted molar refractivity (Wildman–Crippen MR) is 90.2 cm³/mol. The van der Waals surface area contributed by atoms with E-state index in [1.165, 1.54) is 0 Å². The van der Waals surface area contributed by atoms with Gasteiger partial charge in [0.25, 0.3) is 5.91 Å². The summed E-state index contributed by atoms with van der Waals surface area (Å²) in [6, 6.07) is -0.412. The summed E-state index contributed by atoms with van der Waals surface area (Å²) in [5.74, 6) is 0.277. The molecule has 6 nitrogen and oxygen atoms in total. The van der Waals surface area contributed by atoms with Gasteiger partial charge in [-0.3, -0.25) is 14.5 Å². The van der Waals surface area contributed by atoms with Crippen LogP contribution < -0.4 is 5.32 Å². The minimum Gasteiger partial charge on any atom is -0.341 e. The fourth-order valence-corrected chi connectivity index (χ4v) is 4.04. The SMILES string of the molecule is C=C1CCN(C(=O)CN2C(=O)NC3(CCC(CC)CC3)C2=O)CC1. The Labute approximate surface area is 143 Å². The lowest BCUT2D eigenvalue weighted by Crippen LogP contribution is -2.50. The molecule has 0 aromatic rings. The van der Waals surface area contributed by atoms with Gasteiger partial charge in [0.2, 0.25) is 5.91 Å². The summed E-state index contributed by atoms with van der Waals surface area (Å²) in [5, 5.41) is 2.88. The molecule has 3 aliphatic rings.